The van der Waals surface area contributed by atoms with Crippen molar-refractivity contribution in [3.05, 3.63) is 72.2 Å². The Kier molecular flexibility index (Phi) is 8.98. The topological polar surface area (TPSA) is 76.5 Å². The van der Waals surface area contributed by atoms with Crippen LogP contribution < -0.4 is 5.32 Å². The van der Waals surface area contributed by atoms with Gasteiger partial charge in [0, 0.05) is 20.6 Å². The third-order valence-corrected chi connectivity index (χ3v) is 4.54. The second kappa shape index (κ2) is 11.5. The SMILES string of the molecule is CN=C(NCCCc1ccc(O)cc1)N(C)Cc1ncc(-c2ccccc2)[nH]1.I. The molecule has 0 aliphatic heterocycles. The molecule has 0 unspecified atom stereocenters. The van der Waals surface area contributed by atoms with Crippen molar-refractivity contribution in [3.63, 3.8) is 0 Å². The van der Waals surface area contributed by atoms with E-state index in [1.165, 1.54) is 5.56 Å². The molecule has 29 heavy (non-hydrogen) atoms. The molecular formula is C22H28IN5O. The average molecular weight is 505 g/mol. The number of aryl methyl sites for hydroxylation is 1. The van der Waals surface area contributed by atoms with E-state index in [2.05, 4.69) is 32.4 Å². The summed E-state index contributed by atoms with van der Waals surface area (Å²) in [5, 5.41) is 12.7. The Balaban J connectivity index is 0.00000300. The molecule has 3 aromatic rings. The van der Waals surface area contributed by atoms with E-state index < -0.39 is 0 Å². The molecule has 3 rings (SSSR count). The minimum atomic E-state index is 0. The fourth-order valence-electron chi connectivity index (χ4n) is 3.05. The summed E-state index contributed by atoms with van der Waals surface area (Å²) in [5.41, 5.74) is 3.36. The van der Waals surface area contributed by atoms with Gasteiger partial charge in [0.15, 0.2) is 5.96 Å². The number of halogens is 1. The highest BCUT2D eigenvalue weighted by Crippen LogP contribution is 2.16. The summed E-state index contributed by atoms with van der Waals surface area (Å²) < 4.78 is 0. The first-order valence-corrected chi connectivity index (χ1v) is 9.44. The highest BCUT2D eigenvalue weighted by Gasteiger charge is 2.09. The molecule has 6 nitrogen and oxygen atoms in total. The van der Waals surface area contributed by atoms with Crippen molar-refractivity contribution >= 4 is 29.9 Å². The lowest BCUT2D eigenvalue weighted by atomic mass is 10.1. The number of imidazole rings is 1. The van der Waals surface area contributed by atoms with E-state index in [0.717, 1.165) is 42.4 Å². The van der Waals surface area contributed by atoms with Gasteiger partial charge in [-0.3, -0.25) is 4.99 Å². The Labute approximate surface area is 189 Å². The molecule has 154 valence electrons. The smallest absolute Gasteiger partial charge is 0.193 e. The van der Waals surface area contributed by atoms with E-state index in [9.17, 15) is 5.11 Å². The summed E-state index contributed by atoms with van der Waals surface area (Å²) in [6.07, 6.45) is 3.80. The molecule has 0 saturated carbocycles. The van der Waals surface area contributed by atoms with Crippen LogP contribution in [0.1, 0.15) is 17.8 Å². The van der Waals surface area contributed by atoms with E-state index in [0.29, 0.717) is 12.3 Å². The lowest BCUT2D eigenvalue weighted by Gasteiger charge is -2.21. The second-order valence-corrected chi connectivity index (χ2v) is 6.71. The molecule has 0 saturated heterocycles. The molecule has 0 radical (unpaired) electrons. The summed E-state index contributed by atoms with van der Waals surface area (Å²) >= 11 is 0. The van der Waals surface area contributed by atoms with Crippen molar-refractivity contribution < 1.29 is 5.11 Å². The lowest BCUT2D eigenvalue weighted by Crippen LogP contribution is -2.39. The fourth-order valence-corrected chi connectivity index (χ4v) is 3.05. The standard InChI is InChI=1S/C22H27N5O.HI/c1-23-22(24-14-6-7-17-10-12-19(28)13-11-17)27(2)16-21-25-15-20(26-21)18-8-4-3-5-9-18;/h3-5,8-13,15,28H,6-7,14,16H2,1-2H3,(H,23,24)(H,25,26);1H. The number of hydrogen-bond acceptors (Lipinski definition) is 3. The van der Waals surface area contributed by atoms with E-state index in [-0.39, 0.29) is 24.0 Å². The summed E-state index contributed by atoms with van der Waals surface area (Å²) in [4.78, 5) is 14.3. The monoisotopic (exact) mass is 505 g/mol. The van der Waals surface area contributed by atoms with Gasteiger partial charge in [-0.2, -0.15) is 0 Å². The van der Waals surface area contributed by atoms with Gasteiger partial charge < -0.3 is 20.3 Å². The Bertz CT molecular complexity index is 893. The number of aromatic hydroxyl groups is 1. The van der Waals surface area contributed by atoms with Gasteiger partial charge in [0.1, 0.15) is 11.6 Å². The van der Waals surface area contributed by atoms with Gasteiger partial charge in [0.05, 0.1) is 18.4 Å². The molecule has 0 aliphatic carbocycles. The first-order valence-electron chi connectivity index (χ1n) is 9.44. The third-order valence-electron chi connectivity index (χ3n) is 4.54. The summed E-state index contributed by atoms with van der Waals surface area (Å²) in [5.74, 6) is 2.04. The van der Waals surface area contributed by atoms with Crippen LogP contribution in [0.5, 0.6) is 5.75 Å². The van der Waals surface area contributed by atoms with Crippen LogP contribution in [0.2, 0.25) is 0 Å². The van der Waals surface area contributed by atoms with E-state index in [1.54, 1.807) is 19.2 Å². The predicted molar refractivity (Wildman–Crippen MR) is 129 cm³/mol. The van der Waals surface area contributed by atoms with Crippen LogP contribution >= 0.6 is 24.0 Å². The Morgan fingerprint density at radius 1 is 1.14 bits per heavy atom. The van der Waals surface area contributed by atoms with E-state index in [1.807, 2.05) is 48.5 Å². The fraction of sp³-hybridized carbons (Fsp3) is 0.273. The minimum Gasteiger partial charge on any atom is -0.508 e. The molecule has 7 heteroatoms. The van der Waals surface area contributed by atoms with Crippen molar-refractivity contribution in [1.29, 1.82) is 0 Å². The normalized spacial score (nSPS) is 11.0. The maximum atomic E-state index is 9.34. The number of aromatic amines is 1. The van der Waals surface area contributed by atoms with E-state index >= 15 is 0 Å². The van der Waals surface area contributed by atoms with Crippen LogP contribution in [0.4, 0.5) is 0 Å². The van der Waals surface area contributed by atoms with Gasteiger partial charge in [0.2, 0.25) is 0 Å². The van der Waals surface area contributed by atoms with Crippen molar-refractivity contribution in [2.24, 2.45) is 4.99 Å². The van der Waals surface area contributed by atoms with Gasteiger partial charge in [-0.25, -0.2) is 4.98 Å². The largest absolute Gasteiger partial charge is 0.508 e. The molecule has 3 N–H and O–H groups in total. The third kappa shape index (κ3) is 6.77. The number of aliphatic imine (C=N–C) groups is 1. The quantitative estimate of drug-likeness (QED) is 0.196. The van der Waals surface area contributed by atoms with Crippen molar-refractivity contribution in [2.75, 3.05) is 20.6 Å². The number of guanidine groups is 1. The lowest BCUT2D eigenvalue weighted by molar-refractivity contribution is 0.463. The molecule has 0 aliphatic rings. The van der Waals surface area contributed by atoms with Crippen LogP contribution in [0, 0.1) is 0 Å². The van der Waals surface area contributed by atoms with Crippen molar-refractivity contribution in [2.45, 2.75) is 19.4 Å². The zero-order valence-corrected chi connectivity index (χ0v) is 19.1. The van der Waals surface area contributed by atoms with Gasteiger partial charge in [-0.15, -0.1) is 24.0 Å². The van der Waals surface area contributed by atoms with Crippen LogP contribution in [0.3, 0.4) is 0 Å². The molecule has 0 atom stereocenters. The Morgan fingerprint density at radius 2 is 1.86 bits per heavy atom. The highest BCUT2D eigenvalue weighted by molar-refractivity contribution is 14.0. The number of hydrogen-bond donors (Lipinski definition) is 3. The van der Waals surface area contributed by atoms with Gasteiger partial charge in [-0.05, 0) is 36.1 Å². The predicted octanol–water partition coefficient (Wildman–Crippen LogP) is 4.04. The average Bonchev–Trinajstić information content (AvgIpc) is 3.18. The molecule has 0 amide bonds. The summed E-state index contributed by atoms with van der Waals surface area (Å²) in [7, 11) is 3.79. The Morgan fingerprint density at radius 3 is 2.55 bits per heavy atom. The molecule has 1 heterocycles. The highest BCUT2D eigenvalue weighted by atomic mass is 127. The number of nitrogens with zero attached hydrogens (tertiary/aromatic N) is 3. The number of aromatic nitrogens is 2. The summed E-state index contributed by atoms with van der Waals surface area (Å²) in [6, 6.07) is 17.5. The maximum absolute atomic E-state index is 9.34. The number of benzene rings is 2. The molecule has 0 fully saturated rings. The zero-order valence-electron chi connectivity index (χ0n) is 16.8. The summed E-state index contributed by atoms with van der Waals surface area (Å²) in [6.45, 7) is 1.47. The van der Waals surface area contributed by atoms with Gasteiger partial charge in [0.25, 0.3) is 0 Å². The molecular weight excluding hydrogens is 477 g/mol. The van der Waals surface area contributed by atoms with Crippen LogP contribution in [-0.2, 0) is 13.0 Å². The molecule has 1 aromatic heterocycles. The number of nitrogens with one attached hydrogen (secondary N) is 2. The molecule has 0 spiro atoms. The van der Waals surface area contributed by atoms with Crippen LogP contribution in [0.25, 0.3) is 11.3 Å². The van der Waals surface area contributed by atoms with Crippen molar-refractivity contribution in [3.8, 4) is 17.0 Å². The maximum Gasteiger partial charge on any atom is 0.193 e. The Hall–Kier alpha value is -2.55. The molecule has 2 aromatic carbocycles. The first-order chi connectivity index (χ1) is 13.7. The van der Waals surface area contributed by atoms with Crippen LogP contribution in [0.15, 0.2) is 65.8 Å². The number of H-pyrrole nitrogens is 1. The van der Waals surface area contributed by atoms with Gasteiger partial charge >= 0.3 is 0 Å². The first kappa shape index (κ1) is 22.7. The number of rotatable bonds is 7. The molecule has 0 bridgehead atoms. The minimum absolute atomic E-state index is 0. The van der Waals surface area contributed by atoms with Crippen LogP contribution in [-0.4, -0.2) is 46.6 Å². The van der Waals surface area contributed by atoms with Gasteiger partial charge in [-0.1, -0.05) is 42.5 Å². The second-order valence-electron chi connectivity index (χ2n) is 6.71. The number of phenols is 1. The van der Waals surface area contributed by atoms with E-state index in [4.69, 9.17) is 0 Å². The number of phenolic OH excluding ortho intramolecular Hbond substituents is 1. The van der Waals surface area contributed by atoms with Crippen molar-refractivity contribution in [1.82, 2.24) is 20.2 Å². The zero-order chi connectivity index (χ0) is 19.8.